The maximum absolute atomic E-state index is 12.8. The lowest BCUT2D eigenvalue weighted by atomic mass is 9.94. The van der Waals surface area contributed by atoms with Crippen molar-refractivity contribution in [3.05, 3.63) is 136 Å². The van der Waals surface area contributed by atoms with Crippen molar-refractivity contribution in [3.63, 3.8) is 0 Å². The lowest BCUT2D eigenvalue weighted by Crippen LogP contribution is -2.20. The zero-order valence-corrected chi connectivity index (χ0v) is 23.4. The van der Waals surface area contributed by atoms with E-state index < -0.39 is 0 Å². The van der Waals surface area contributed by atoms with Crippen molar-refractivity contribution in [2.45, 2.75) is 38.3 Å². The van der Waals surface area contributed by atoms with E-state index in [1.165, 1.54) is 27.6 Å². The third kappa shape index (κ3) is 4.74. The van der Waals surface area contributed by atoms with Crippen LogP contribution in [0.5, 0.6) is 5.75 Å². The summed E-state index contributed by atoms with van der Waals surface area (Å²) < 4.78 is 2.35. The van der Waals surface area contributed by atoms with Crippen LogP contribution in [0.1, 0.15) is 56.3 Å². The number of aromatic hydroxyl groups is 1. The van der Waals surface area contributed by atoms with Crippen LogP contribution >= 0.6 is 0 Å². The molecule has 6 heteroatoms. The van der Waals surface area contributed by atoms with Crippen LogP contribution < -0.4 is 11.1 Å². The monoisotopic (exact) mass is 554 g/mol. The van der Waals surface area contributed by atoms with Crippen LogP contribution in [0.3, 0.4) is 0 Å². The van der Waals surface area contributed by atoms with Crippen molar-refractivity contribution >= 4 is 27.7 Å². The molecule has 0 saturated heterocycles. The average Bonchev–Trinajstić information content (AvgIpc) is 3.64. The Morgan fingerprint density at radius 2 is 1.67 bits per heavy atom. The maximum atomic E-state index is 12.8. The van der Waals surface area contributed by atoms with E-state index in [0.717, 1.165) is 60.0 Å². The van der Waals surface area contributed by atoms with Gasteiger partial charge in [-0.25, -0.2) is 0 Å². The molecule has 5 N–H and O–H groups in total. The standard InChI is InChI=1S/C36H34N4O2/c37-18-17-25-22-40(21-24-7-2-1-3-8-24)33-19-23(13-15-27(25)33)9-6-12-32-34(29-10-4-5-11-31(29)38-32)35-30-20-26(41)14-16-28(30)36(42)39-35/h1-5,7-8,10-11,13-16,19-20,22,35,38,41H,6,9,12,17-18,21,37H2,(H,39,42). The molecular weight excluding hydrogens is 520 g/mol. The van der Waals surface area contributed by atoms with Gasteiger partial charge in [-0.05, 0) is 84.8 Å². The van der Waals surface area contributed by atoms with Gasteiger partial charge in [0.1, 0.15) is 5.75 Å². The molecule has 0 fully saturated rings. The number of benzene rings is 4. The molecule has 0 saturated carbocycles. The number of aryl methyl sites for hydroxylation is 2. The molecule has 1 unspecified atom stereocenters. The Labute approximate surface area is 244 Å². The highest BCUT2D eigenvalue weighted by Crippen LogP contribution is 2.39. The molecular formula is C36H34N4O2. The number of amides is 1. The van der Waals surface area contributed by atoms with E-state index >= 15 is 0 Å². The van der Waals surface area contributed by atoms with Crippen LogP contribution in [0.2, 0.25) is 0 Å². The predicted molar refractivity (Wildman–Crippen MR) is 168 cm³/mol. The molecule has 7 rings (SSSR count). The minimum absolute atomic E-state index is 0.105. The van der Waals surface area contributed by atoms with Crippen LogP contribution in [-0.2, 0) is 25.8 Å². The molecule has 4 aromatic carbocycles. The molecule has 1 amide bonds. The van der Waals surface area contributed by atoms with Gasteiger partial charge >= 0.3 is 0 Å². The van der Waals surface area contributed by atoms with Crippen molar-refractivity contribution in [2.24, 2.45) is 5.73 Å². The summed E-state index contributed by atoms with van der Waals surface area (Å²) in [5, 5.41) is 15.7. The van der Waals surface area contributed by atoms with E-state index in [1.807, 2.05) is 12.1 Å². The Morgan fingerprint density at radius 3 is 2.52 bits per heavy atom. The van der Waals surface area contributed by atoms with Crippen LogP contribution in [0, 0.1) is 0 Å². The first kappa shape index (κ1) is 26.1. The topological polar surface area (TPSA) is 96.1 Å². The molecule has 3 heterocycles. The first-order valence-corrected chi connectivity index (χ1v) is 14.7. The number of carbonyl (C=O) groups is 1. The second-order valence-corrected chi connectivity index (χ2v) is 11.3. The number of phenols is 1. The summed E-state index contributed by atoms with van der Waals surface area (Å²) in [6.45, 7) is 1.46. The quantitative estimate of drug-likeness (QED) is 0.167. The van der Waals surface area contributed by atoms with E-state index in [1.54, 1.807) is 18.2 Å². The zero-order chi connectivity index (χ0) is 28.6. The Kier molecular flexibility index (Phi) is 6.76. The summed E-state index contributed by atoms with van der Waals surface area (Å²) in [6.07, 6.45) is 5.85. The van der Waals surface area contributed by atoms with Crippen LogP contribution in [0.15, 0.2) is 97.2 Å². The summed E-state index contributed by atoms with van der Waals surface area (Å²) in [6, 6.07) is 30.3. The number of fused-ring (bicyclic) bond motifs is 3. The van der Waals surface area contributed by atoms with Crippen LogP contribution in [0.4, 0.5) is 0 Å². The number of hydrogen-bond donors (Lipinski definition) is 4. The number of rotatable bonds is 9. The highest BCUT2D eigenvalue weighted by molar-refractivity contribution is 6.01. The van der Waals surface area contributed by atoms with E-state index in [4.69, 9.17) is 5.73 Å². The Morgan fingerprint density at radius 1 is 0.833 bits per heavy atom. The van der Waals surface area contributed by atoms with Gasteiger partial charge in [0.25, 0.3) is 5.91 Å². The van der Waals surface area contributed by atoms with Crippen molar-refractivity contribution < 1.29 is 9.90 Å². The van der Waals surface area contributed by atoms with E-state index in [-0.39, 0.29) is 17.7 Å². The molecule has 6 nitrogen and oxygen atoms in total. The number of nitrogens with two attached hydrogens (primary N) is 1. The van der Waals surface area contributed by atoms with Crippen molar-refractivity contribution in [1.82, 2.24) is 14.9 Å². The molecule has 1 atom stereocenters. The highest BCUT2D eigenvalue weighted by atomic mass is 16.3. The molecule has 6 aromatic rings. The molecule has 1 aliphatic rings. The molecule has 42 heavy (non-hydrogen) atoms. The van der Waals surface area contributed by atoms with Gasteiger partial charge in [0.2, 0.25) is 0 Å². The van der Waals surface area contributed by atoms with E-state index in [2.05, 4.69) is 81.7 Å². The number of para-hydroxylation sites is 1. The van der Waals surface area contributed by atoms with Gasteiger partial charge < -0.3 is 25.7 Å². The number of nitrogens with one attached hydrogen (secondary N) is 2. The summed E-state index contributed by atoms with van der Waals surface area (Å²) >= 11 is 0. The van der Waals surface area contributed by atoms with Gasteiger partial charge in [0.05, 0.1) is 6.04 Å². The third-order valence-electron chi connectivity index (χ3n) is 8.51. The minimum atomic E-state index is -0.302. The molecule has 0 bridgehead atoms. The second kappa shape index (κ2) is 10.9. The molecule has 1 aliphatic heterocycles. The van der Waals surface area contributed by atoms with Crippen LogP contribution in [0.25, 0.3) is 21.8 Å². The minimum Gasteiger partial charge on any atom is -0.508 e. The molecule has 2 aromatic heterocycles. The Bertz CT molecular complexity index is 1920. The second-order valence-electron chi connectivity index (χ2n) is 11.3. The smallest absolute Gasteiger partial charge is 0.252 e. The van der Waals surface area contributed by atoms with Crippen molar-refractivity contribution in [3.8, 4) is 5.75 Å². The molecule has 0 spiro atoms. The average molecular weight is 555 g/mol. The van der Waals surface area contributed by atoms with E-state index in [9.17, 15) is 9.90 Å². The van der Waals surface area contributed by atoms with Gasteiger partial charge in [-0.2, -0.15) is 0 Å². The molecule has 210 valence electrons. The lowest BCUT2D eigenvalue weighted by molar-refractivity contribution is 0.0960. The fraction of sp³-hybridized carbons (Fsp3) is 0.194. The summed E-state index contributed by atoms with van der Waals surface area (Å²) in [5.41, 5.74) is 15.8. The SMILES string of the molecule is NCCc1cn(Cc2ccccc2)c2cc(CCCc3[nH]c4ccccc4c3C3NC(=O)c4ccc(O)cc43)ccc12. The van der Waals surface area contributed by atoms with Gasteiger partial charge in [0.15, 0.2) is 0 Å². The number of nitrogens with zero attached hydrogens (tertiary/aromatic N) is 1. The first-order valence-electron chi connectivity index (χ1n) is 14.7. The number of carbonyl (C=O) groups excluding carboxylic acids is 1. The zero-order valence-electron chi connectivity index (χ0n) is 23.4. The van der Waals surface area contributed by atoms with Gasteiger partial charge in [-0.3, -0.25) is 4.79 Å². The Hall–Kier alpha value is -4.81. The molecule has 0 aliphatic carbocycles. The fourth-order valence-electron chi connectivity index (χ4n) is 6.56. The highest BCUT2D eigenvalue weighted by Gasteiger charge is 2.33. The summed E-state index contributed by atoms with van der Waals surface area (Å²) in [5.74, 6) is 0.0608. The van der Waals surface area contributed by atoms with Gasteiger partial charge in [-0.15, -0.1) is 0 Å². The maximum Gasteiger partial charge on any atom is 0.252 e. The number of phenolic OH excluding ortho intramolecular Hbond substituents is 1. The number of H-pyrrole nitrogens is 1. The Balaban J connectivity index is 1.17. The van der Waals surface area contributed by atoms with Gasteiger partial charge in [0, 0.05) is 51.4 Å². The predicted octanol–water partition coefficient (Wildman–Crippen LogP) is 6.39. The van der Waals surface area contributed by atoms with Crippen molar-refractivity contribution in [1.29, 1.82) is 0 Å². The summed E-state index contributed by atoms with van der Waals surface area (Å²) in [7, 11) is 0. The van der Waals surface area contributed by atoms with Crippen molar-refractivity contribution in [2.75, 3.05) is 6.54 Å². The number of aromatic amines is 1. The number of aromatic nitrogens is 2. The fourth-order valence-corrected chi connectivity index (χ4v) is 6.56. The first-order chi connectivity index (χ1) is 20.6. The normalized spacial score (nSPS) is 14.5. The third-order valence-corrected chi connectivity index (χ3v) is 8.51. The van der Waals surface area contributed by atoms with Gasteiger partial charge in [-0.1, -0.05) is 60.7 Å². The van der Waals surface area contributed by atoms with Crippen LogP contribution in [-0.4, -0.2) is 27.1 Å². The summed E-state index contributed by atoms with van der Waals surface area (Å²) in [4.78, 5) is 16.5. The lowest BCUT2D eigenvalue weighted by Gasteiger charge is -2.15. The van der Waals surface area contributed by atoms with E-state index in [0.29, 0.717) is 12.1 Å². The largest absolute Gasteiger partial charge is 0.508 e. The molecule has 0 radical (unpaired) electrons. The number of hydrogen-bond acceptors (Lipinski definition) is 3.